The Balaban J connectivity index is 2.73. The molecule has 10 heteroatoms. The molecule has 0 saturated heterocycles. The van der Waals surface area contributed by atoms with E-state index in [4.69, 9.17) is 42.6 Å². The van der Waals surface area contributed by atoms with E-state index in [0.717, 1.165) is 182 Å². The Labute approximate surface area is 736 Å². The highest BCUT2D eigenvalue weighted by molar-refractivity contribution is 7.97. The van der Waals surface area contributed by atoms with Gasteiger partial charge < -0.3 is 42.6 Å². The molecule has 0 fully saturated rings. The van der Waals surface area contributed by atoms with Crippen LogP contribution >= 0.6 is 0 Å². The van der Waals surface area contributed by atoms with Gasteiger partial charge in [0.2, 0.25) is 0 Å². The molecule has 3 aromatic rings. The third-order valence-electron chi connectivity index (χ3n) is 23.9. The minimum Gasteiger partial charge on any atom is -0.493 e. The van der Waals surface area contributed by atoms with Crippen molar-refractivity contribution in [2.24, 2.45) is 0 Å². The Kier molecular flexibility index (Phi) is 76.1. The van der Waals surface area contributed by atoms with Gasteiger partial charge in [-0.05, 0) is 57.8 Å². The van der Waals surface area contributed by atoms with E-state index in [2.05, 4.69) is 98.7 Å². The predicted octanol–water partition coefficient (Wildman–Crippen LogP) is 36.5. The standard InChI is InChI=1S/C108H195O9S/c1-10-19-28-37-46-55-64-73-82-109-97-91-100(112-85-76-67-58-49-40-31-22-13-4)106(101(92-97)113-86-77-68-59-50-41-32-23-14-5)118(107-102(114-87-78-69-60-51-42-33-24-15-6)93-98(110-83-74-65-56-47-38-29-20-11-2)94-103(107)115-88-79-70-61-52-43-34-25-16-7)108-104(116-89-80-71-62-53-44-35-26-17-8)95-99(111-84-75-66-57-48-39-30-21-12-3)96-105(108)117-90-81-72-63-54-45-36-27-18-9/h91-96H,10-90H2,1-9H3/q+1. The number of unbranched alkanes of at least 4 members (excludes halogenated alkanes) is 63. The Morgan fingerprint density at radius 3 is 0.356 bits per heavy atom. The average molecular weight is 1670 g/mol. The van der Waals surface area contributed by atoms with Crippen molar-refractivity contribution in [3.63, 3.8) is 0 Å². The Morgan fingerprint density at radius 1 is 0.136 bits per heavy atom. The molecule has 0 heterocycles. The summed E-state index contributed by atoms with van der Waals surface area (Å²) in [6, 6.07) is 13.5. The first-order valence-corrected chi connectivity index (χ1v) is 53.6. The van der Waals surface area contributed by atoms with Crippen molar-refractivity contribution >= 4 is 10.9 Å². The molecule has 9 nitrogen and oxygen atoms in total. The van der Waals surface area contributed by atoms with Crippen LogP contribution in [-0.4, -0.2) is 59.5 Å². The highest BCUT2D eigenvalue weighted by Crippen LogP contribution is 2.56. The van der Waals surface area contributed by atoms with E-state index in [0.29, 0.717) is 59.5 Å². The molecule has 0 atom stereocenters. The first kappa shape index (κ1) is 108. The van der Waals surface area contributed by atoms with Crippen molar-refractivity contribution in [1.82, 2.24) is 0 Å². The fraction of sp³-hybridized carbons (Fsp3) is 0.833. The summed E-state index contributed by atoms with van der Waals surface area (Å²) in [5, 5.41) is 0. The van der Waals surface area contributed by atoms with Crippen LogP contribution in [0.1, 0.15) is 525 Å². The van der Waals surface area contributed by atoms with E-state index < -0.39 is 10.9 Å². The third kappa shape index (κ3) is 57.6. The largest absolute Gasteiger partial charge is 0.493 e. The van der Waals surface area contributed by atoms with Gasteiger partial charge in [0.1, 0.15) is 28.1 Å². The van der Waals surface area contributed by atoms with Crippen LogP contribution in [0.4, 0.5) is 0 Å². The van der Waals surface area contributed by atoms with Crippen molar-refractivity contribution in [2.45, 2.75) is 539 Å². The summed E-state index contributed by atoms with van der Waals surface area (Å²) in [5.41, 5.74) is 0. The molecule has 0 saturated carbocycles. The minimum atomic E-state index is -1.15. The topological polar surface area (TPSA) is 83.1 Å². The van der Waals surface area contributed by atoms with Crippen LogP contribution in [0.25, 0.3) is 0 Å². The Hall–Kier alpha value is -3.79. The summed E-state index contributed by atoms with van der Waals surface area (Å²) in [6.45, 7) is 26.2. The van der Waals surface area contributed by atoms with Gasteiger partial charge in [-0.25, -0.2) is 0 Å². The summed E-state index contributed by atoms with van der Waals surface area (Å²) in [6.07, 6.45) is 88.2. The maximum atomic E-state index is 7.68. The molecular weight excluding hydrogens is 1470 g/mol. The highest BCUT2D eigenvalue weighted by Gasteiger charge is 2.47. The van der Waals surface area contributed by atoms with Gasteiger partial charge in [0, 0.05) is 36.4 Å². The van der Waals surface area contributed by atoms with Gasteiger partial charge in [-0.2, -0.15) is 0 Å². The molecule has 0 bridgehead atoms. The molecule has 3 aromatic carbocycles. The van der Waals surface area contributed by atoms with Gasteiger partial charge in [0.05, 0.1) is 59.5 Å². The van der Waals surface area contributed by atoms with Crippen molar-refractivity contribution in [3.8, 4) is 51.7 Å². The monoisotopic (exact) mass is 1670 g/mol. The molecule has 686 valence electrons. The number of hydrogen-bond donors (Lipinski definition) is 0. The van der Waals surface area contributed by atoms with Gasteiger partial charge in [-0.15, -0.1) is 0 Å². The van der Waals surface area contributed by atoms with E-state index in [1.54, 1.807) is 0 Å². The summed E-state index contributed by atoms with van der Waals surface area (Å²) < 4.78 is 67.4. The first-order chi connectivity index (χ1) is 58.4. The fourth-order valence-corrected chi connectivity index (χ4v) is 18.8. The van der Waals surface area contributed by atoms with Crippen LogP contribution in [0.5, 0.6) is 51.7 Å². The van der Waals surface area contributed by atoms with E-state index >= 15 is 0 Å². The van der Waals surface area contributed by atoms with E-state index in [1.807, 2.05) is 0 Å². The third-order valence-corrected chi connectivity index (χ3v) is 26.4. The van der Waals surface area contributed by atoms with Crippen LogP contribution in [0.3, 0.4) is 0 Å². The second-order valence-corrected chi connectivity index (χ2v) is 37.3. The zero-order valence-corrected chi connectivity index (χ0v) is 80.6. The van der Waals surface area contributed by atoms with Crippen LogP contribution < -0.4 is 42.6 Å². The Morgan fingerprint density at radius 2 is 0.237 bits per heavy atom. The van der Waals surface area contributed by atoms with Crippen LogP contribution in [0, 0.1) is 0 Å². The second kappa shape index (κ2) is 82.8. The van der Waals surface area contributed by atoms with Crippen molar-refractivity contribution in [1.29, 1.82) is 0 Å². The summed E-state index contributed by atoms with van der Waals surface area (Å²) in [5.74, 6) is 7.17. The van der Waals surface area contributed by atoms with Crippen LogP contribution in [0.15, 0.2) is 51.1 Å². The van der Waals surface area contributed by atoms with Gasteiger partial charge >= 0.3 is 0 Å². The molecule has 0 aromatic heterocycles. The molecule has 0 N–H and O–H groups in total. The van der Waals surface area contributed by atoms with Crippen molar-refractivity contribution in [2.75, 3.05) is 59.5 Å². The first-order valence-electron chi connectivity index (χ1n) is 52.4. The molecule has 0 radical (unpaired) electrons. The number of benzene rings is 3. The number of hydrogen-bond acceptors (Lipinski definition) is 9. The Bertz CT molecular complexity index is 2220. The zero-order valence-electron chi connectivity index (χ0n) is 79.8. The summed E-state index contributed by atoms with van der Waals surface area (Å²) in [4.78, 5) is 2.92. The lowest BCUT2D eigenvalue weighted by molar-refractivity contribution is 0.261. The van der Waals surface area contributed by atoms with Gasteiger partial charge in [-0.1, -0.05) is 467 Å². The molecule has 0 unspecified atom stereocenters. The number of rotatable bonds is 93. The zero-order chi connectivity index (χ0) is 84.4. The molecule has 118 heavy (non-hydrogen) atoms. The van der Waals surface area contributed by atoms with Crippen LogP contribution in [-0.2, 0) is 10.9 Å². The molecule has 0 aliphatic carbocycles. The molecule has 3 rings (SSSR count). The van der Waals surface area contributed by atoms with E-state index in [1.165, 1.54) is 347 Å². The maximum absolute atomic E-state index is 7.68. The van der Waals surface area contributed by atoms with E-state index in [-0.39, 0.29) is 0 Å². The quantitative estimate of drug-likeness (QED) is 0.0405. The van der Waals surface area contributed by atoms with Gasteiger partial charge in [0.25, 0.3) is 14.7 Å². The lowest BCUT2D eigenvalue weighted by Crippen LogP contribution is -2.18. The van der Waals surface area contributed by atoms with Gasteiger partial charge in [0.15, 0.2) is 34.5 Å². The molecular formula is C108H195O9S+. The lowest BCUT2D eigenvalue weighted by Gasteiger charge is -2.24. The summed E-state index contributed by atoms with van der Waals surface area (Å²) >= 11 is 0. The number of ether oxygens (including phenoxy) is 9. The molecule has 0 aliphatic rings. The lowest BCUT2D eigenvalue weighted by atomic mass is 10.1. The average Bonchev–Trinajstić information content (AvgIpc) is 0.741. The van der Waals surface area contributed by atoms with E-state index in [9.17, 15) is 0 Å². The smallest absolute Gasteiger partial charge is 0.250 e. The van der Waals surface area contributed by atoms with Crippen molar-refractivity contribution in [3.05, 3.63) is 36.4 Å². The van der Waals surface area contributed by atoms with Crippen molar-refractivity contribution < 1.29 is 42.6 Å². The molecule has 0 amide bonds. The molecule has 0 aliphatic heterocycles. The SMILES string of the molecule is CCCCCCCCCCOc1cc(OCCCCCCCCCC)c([S+](c2c(OCCCCCCCCCC)cc(OCCCCCCCCCC)cc2OCCCCCCCCCC)c2c(OCCCCCCCCCC)cc(OCCCCCCCCCC)cc2OCCCCCCCCCC)c(OCCCCCCCCCC)c1. The normalized spacial score (nSPS) is 11.5. The second-order valence-electron chi connectivity index (χ2n) is 35.5. The minimum absolute atomic E-state index is 0.572. The van der Waals surface area contributed by atoms with Gasteiger partial charge in [-0.3, -0.25) is 0 Å². The highest BCUT2D eigenvalue weighted by atomic mass is 32.2. The fourth-order valence-electron chi connectivity index (χ4n) is 16.2. The van der Waals surface area contributed by atoms with Crippen LogP contribution in [0.2, 0.25) is 0 Å². The molecule has 0 spiro atoms. The maximum Gasteiger partial charge on any atom is 0.250 e. The summed E-state index contributed by atoms with van der Waals surface area (Å²) in [7, 11) is -1.15. The predicted molar refractivity (Wildman–Crippen MR) is 514 cm³/mol.